The van der Waals surface area contributed by atoms with Crippen molar-refractivity contribution in [2.24, 2.45) is 0 Å². The molecule has 0 heterocycles. The summed E-state index contributed by atoms with van der Waals surface area (Å²) in [4.78, 5) is 26.6. The molecule has 4 heteroatoms. The lowest BCUT2D eigenvalue weighted by Gasteiger charge is -2.22. The van der Waals surface area contributed by atoms with Gasteiger partial charge in [0.2, 0.25) is 0 Å². The molecule has 29 heavy (non-hydrogen) atoms. The van der Waals surface area contributed by atoms with E-state index in [1.54, 1.807) is 4.90 Å². The van der Waals surface area contributed by atoms with Crippen molar-refractivity contribution in [2.45, 2.75) is 63.5 Å². The number of amides is 2. The Balaban J connectivity index is 1.34. The summed E-state index contributed by atoms with van der Waals surface area (Å²) in [5, 5.41) is 2.99. The van der Waals surface area contributed by atoms with Crippen LogP contribution in [0, 0.1) is 0 Å². The number of hydrogen-bond acceptors (Lipinski definition) is 2. The minimum Gasteiger partial charge on any atom is -0.349 e. The van der Waals surface area contributed by atoms with Gasteiger partial charge in [0.1, 0.15) is 0 Å². The van der Waals surface area contributed by atoms with Crippen LogP contribution in [0.4, 0.5) is 0 Å². The van der Waals surface area contributed by atoms with Crippen molar-refractivity contribution in [1.82, 2.24) is 10.2 Å². The van der Waals surface area contributed by atoms with E-state index in [0.717, 1.165) is 24.0 Å². The van der Waals surface area contributed by atoms with E-state index in [4.69, 9.17) is 0 Å². The fraction of sp³-hybridized carbons (Fsp3) is 0.440. The highest BCUT2D eigenvalue weighted by atomic mass is 16.2. The van der Waals surface area contributed by atoms with Gasteiger partial charge in [0.15, 0.2) is 0 Å². The number of hydrogen-bond donors (Lipinski definition) is 1. The zero-order chi connectivity index (χ0) is 20.2. The first kappa shape index (κ1) is 19.7. The molecule has 2 aromatic rings. The van der Waals surface area contributed by atoms with Gasteiger partial charge in [-0.25, -0.2) is 0 Å². The first-order valence-corrected chi connectivity index (χ1v) is 10.9. The van der Waals surface area contributed by atoms with Crippen molar-refractivity contribution in [1.29, 1.82) is 0 Å². The predicted molar refractivity (Wildman–Crippen MR) is 115 cm³/mol. The van der Waals surface area contributed by atoms with E-state index in [-0.39, 0.29) is 11.8 Å². The number of nitrogens with zero attached hydrogens (tertiary/aromatic N) is 1. The Labute approximate surface area is 173 Å². The second-order valence-electron chi connectivity index (χ2n) is 8.56. The smallest absolute Gasteiger partial charge is 0.253 e. The largest absolute Gasteiger partial charge is 0.349 e. The Bertz CT molecular complexity index is 847. The van der Waals surface area contributed by atoms with Crippen molar-refractivity contribution in [3.8, 4) is 0 Å². The van der Waals surface area contributed by atoms with Gasteiger partial charge in [-0.2, -0.15) is 0 Å². The summed E-state index contributed by atoms with van der Waals surface area (Å²) in [5.74, 6) is 0.665. The van der Waals surface area contributed by atoms with Crippen molar-refractivity contribution >= 4 is 11.8 Å². The van der Waals surface area contributed by atoms with Gasteiger partial charge in [0.25, 0.3) is 11.8 Å². The predicted octanol–water partition coefficient (Wildman–Crippen LogP) is 4.90. The average Bonchev–Trinajstić information content (AvgIpc) is 3.58. The lowest BCUT2D eigenvalue weighted by molar-refractivity contribution is 0.0784. The molecule has 2 amide bonds. The third-order valence-electron chi connectivity index (χ3n) is 6.13. The standard InChI is InChI=1S/C25H30N2O2/c1-27(17-18-7-9-21(10-8-18)24(28)26-23-15-16-23)25(29)22-13-11-20(12-14-22)19-5-3-2-4-6-19/h7-14,19,23H,2-6,15-17H2,1H3,(H,26,28). The van der Waals surface area contributed by atoms with Crippen LogP contribution < -0.4 is 5.32 Å². The van der Waals surface area contributed by atoms with E-state index >= 15 is 0 Å². The molecule has 0 saturated heterocycles. The zero-order valence-electron chi connectivity index (χ0n) is 17.2. The minimum absolute atomic E-state index is 0.0125. The number of benzene rings is 2. The average molecular weight is 391 g/mol. The molecule has 1 N–H and O–H groups in total. The van der Waals surface area contributed by atoms with Crippen LogP contribution in [0.2, 0.25) is 0 Å². The quantitative estimate of drug-likeness (QED) is 0.763. The third kappa shape index (κ3) is 5.06. The van der Waals surface area contributed by atoms with Gasteiger partial charge in [0, 0.05) is 30.8 Å². The molecule has 2 aliphatic carbocycles. The molecular weight excluding hydrogens is 360 g/mol. The molecule has 0 unspecified atom stereocenters. The van der Waals surface area contributed by atoms with Gasteiger partial charge in [-0.1, -0.05) is 43.5 Å². The van der Waals surface area contributed by atoms with Crippen LogP contribution in [0.25, 0.3) is 0 Å². The van der Waals surface area contributed by atoms with Crippen LogP contribution in [-0.4, -0.2) is 29.8 Å². The Morgan fingerprint density at radius 3 is 2.10 bits per heavy atom. The van der Waals surface area contributed by atoms with Gasteiger partial charge < -0.3 is 10.2 Å². The van der Waals surface area contributed by atoms with Crippen molar-refractivity contribution in [2.75, 3.05) is 7.05 Å². The molecule has 0 radical (unpaired) electrons. The SMILES string of the molecule is CN(Cc1ccc(C(=O)NC2CC2)cc1)C(=O)c1ccc(C2CCCCC2)cc1. The first-order valence-electron chi connectivity index (χ1n) is 10.9. The van der Waals surface area contributed by atoms with E-state index in [1.807, 2.05) is 43.4 Å². The topological polar surface area (TPSA) is 49.4 Å². The monoisotopic (exact) mass is 390 g/mol. The molecule has 0 bridgehead atoms. The normalized spacial score (nSPS) is 17.0. The summed E-state index contributed by atoms with van der Waals surface area (Å²) in [5.41, 5.74) is 3.78. The summed E-state index contributed by atoms with van der Waals surface area (Å²) in [6.07, 6.45) is 8.68. The Hall–Kier alpha value is -2.62. The molecule has 2 aromatic carbocycles. The molecule has 4 nitrogen and oxygen atoms in total. The zero-order valence-corrected chi connectivity index (χ0v) is 17.2. The van der Waals surface area contributed by atoms with E-state index in [1.165, 1.54) is 37.7 Å². The van der Waals surface area contributed by atoms with Gasteiger partial charge in [-0.3, -0.25) is 9.59 Å². The highest BCUT2D eigenvalue weighted by Crippen LogP contribution is 2.32. The summed E-state index contributed by atoms with van der Waals surface area (Å²) in [7, 11) is 1.82. The van der Waals surface area contributed by atoms with Crippen LogP contribution in [0.3, 0.4) is 0 Å². The number of carbonyl (C=O) groups is 2. The maximum atomic E-state index is 12.8. The van der Waals surface area contributed by atoms with Gasteiger partial charge >= 0.3 is 0 Å². The number of nitrogens with one attached hydrogen (secondary N) is 1. The fourth-order valence-corrected chi connectivity index (χ4v) is 4.16. The Morgan fingerprint density at radius 2 is 1.48 bits per heavy atom. The molecule has 0 spiro atoms. The molecule has 2 fully saturated rings. The van der Waals surface area contributed by atoms with E-state index < -0.39 is 0 Å². The molecule has 4 rings (SSSR count). The number of rotatable bonds is 6. The summed E-state index contributed by atoms with van der Waals surface area (Å²) in [6.45, 7) is 0.522. The van der Waals surface area contributed by atoms with Gasteiger partial charge in [-0.05, 0) is 67.0 Å². The lowest BCUT2D eigenvalue weighted by atomic mass is 9.84. The Kier molecular flexibility index (Phi) is 5.98. The van der Waals surface area contributed by atoms with Crippen molar-refractivity contribution in [3.05, 3.63) is 70.8 Å². The van der Waals surface area contributed by atoms with Crippen LogP contribution in [-0.2, 0) is 6.54 Å². The first-order chi connectivity index (χ1) is 14.1. The lowest BCUT2D eigenvalue weighted by Crippen LogP contribution is -2.27. The fourth-order valence-electron chi connectivity index (χ4n) is 4.16. The summed E-state index contributed by atoms with van der Waals surface area (Å²) >= 11 is 0. The van der Waals surface area contributed by atoms with Crippen LogP contribution >= 0.6 is 0 Å². The van der Waals surface area contributed by atoms with Crippen molar-refractivity contribution < 1.29 is 9.59 Å². The second kappa shape index (κ2) is 8.81. The number of carbonyl (C=O) groups excluding carboxylic acids is 2. The van der Waals surface area contributed by atoms with Crippen LogP contribution in [0.1, 0.15) is 82.7 Å². The maximum Gasteiger partial charge on any atom is 0.253 e. The molecule has 0 aliphatic heterocycles. The van der Waals surface area contributed by atoms with E-state index in [9.17, 15) is 9.59 Å². The highest BCUT2D eigenvalue weighted by Gasteiger charge is 2.23. The van der Waals surface area contributed by atoms with Gasteiger partial charge in [-0.15, -0.1) is 0 Å². The van der Waals surface area contributed by atoms with E-state index in [0.29, 0.717) is 24.1 Å². The Morgan fingerprint density at radius 1 is 0.862 bits per heavy atom. The van der Waals surface area contributed by atoms with Gasteiger partial charge in [0.05, 0.1) is 0 Å². The minimum atomic E-state index is -0.0125. The molecule has 0 atom stereocenters. The molecule has 2 saturated carbocycles. The summed E-state index contributed by atoms with van der Waals surface area (Å²) in [6, 6.07) is 16.1. The van der Waals surface area contributed by atoms with Crippen LogP contribution in [0.15, 0.2) is 48.5 Å². The molecule has 2 aliphatic rings. The van der Waals surface area contributed by atoms with Crippen molar-refractivity contribution in [3.63, 3.8) is 0 Å². The summed E-state index contributed by atoms with van der Waals surface area (Å²) < 4.78 is 0. The van der Waals surface area contributed by atoms with E-state index in [2.05, 4.69) is 17.4 Å². The van der Waals surface area contributed by atoms with Crippen LogP contribution in [0.5, 0.6) is 0 Å². The molecular formula is C25H30N2O2. The molecule has 0 aromatic heterocycles. The maximum absolute atomic E-state index is 12.8. The second-order valence-corrected chi connectivity index (χ2v) is 8.56. The highest BCUT2D eigenvalue weighted by molar-refractivity contribution is 5.95. The molecule has 152 valence electrons. The third-order valence-corrected chi connectivity index (χ3v) is 6.13.